The summed E-state index contributed by atoms with van der Waals surface area (Å²) in [6.07, 6.45) is 4.23. The van der Waals surface area contributed by atoms with E-state index in [1.54, 1.807) is 24.4 Å². The van der Waals surface area contributed by atoms with Crippen LogP contribution in [0.3, 0.4) is 0 Å². The minimum absolute atomic E-state index is 0.00388. The monoisotopic (exact) mass is 297 g/mol. The van der Waals surface area contributed by atoms with Gasteiger partial charge in [0.05, 0.1) is 12.7 Å². The van der Waals surface area contributed by atoms with Crippen LogP contribution in [0.15, 0.2) is 42.7 Å². The van der Waals surface area contributed by atoms with Crippen LogP contribution in [0.5, 0.6) is 5.75 Å². The maximum Gasteiger partial charge on any atom is 0.255 e. The van der Waals surface area contributed by atoms with E-state index < -0.39 is 0 Å². The van der Waals surface area contributed by atoms with E-state index in [2.05, 4.69) is 4.98 Å². The molecule has 0 saturated carbocycles. The molecule has 0 bridgehead atoms. The van der Waals surface area contributed by atoms with Crippen LogP contribution in [-0.4, -0.2) is 42.0 Å². The van der Waals surface area contributed by atoms with Crippen molar-refractivity contribution >= 4 is 5.91 Å². The van der Waals surface area contributed by atoms with Gasteiger partial charge in [-0.1, -0.05) is 12.1 Å². The summed E-state index contributed by atoms with van der Waals surface area (Å²) >= 11 is 0. The maximum atomic E-state index is 12.5. The van der Waals surface area contributed by atoms with Gasteiger partial charge in [0.15, 0.2) is 0 Å². The molecule has 1 aromatic carbocycles. The van der Waals surface area contributed by atoms with Gasteiger partial charge in [-0.05, 0) is 30.2 Å². The molecule has 0 spiro atoms. The predicted octanol–water partition coefficient (Wildman–Crippen LogP) is 1.93. The molecule has 1 amide bonds. The molecule has 22 heavy (non-hydrogen) atoms. The van der Waals surface area contributed by atoms with Crippen molar-refractivity contribution in [2.75, 3.05) is 20.2 Å². The molecule has 1 aromatic heterocycles. The van der Waals surface area contributed by atoms with Crippen LogP contribution in [0.4, 0.5) is 0 Å². The van der Waals surface area contributed by atoms with Crippen LogP contribution in [0.25, 0.3) is 11.1 Å². The number of rotatable bonds is 3. The third kappa shape index (κ3) is 2.94. The van der Waals surface area contributed by atoms with Crippen molar-refractivity contribution in [3.63, 3.8) is 0 Å². The molecule has 0 radical (unpaired) electrons. The number of nitrogens with two attached hydrogens (primary N) is 1. The Morgan fingerprint density at radius 1 is 1.27 bits per heavy atom. The van der Waals surface area contributed by atoms with Crippen molar-refractivity contribution in [3.8, 4) is 16.9 Å². The fourth-order valence-electron chi connectivity index (χ4n) is 2.65. The number of pyridine rings is 1. The number of methoxy groups -OCH3 is 1. The summed E-state index contributed by atoms with van der Waals surface area (Å²) in [5.41, 5.74) is 8.38. The van der Waals surface area contributed by atoms with Crippen molar-refractivity contribution in [1.82, 2.24) is 9.88 Å². The minimum atomic E-state index is -0.00388. The van der Waals surface area contributed by atoms with Crippen molar-refractivity contribution in [1.29, 1.82) is 0 Å². The predicted molar refractivity (Wildman–Crippen MR) is 84.7 cm³/mol. The first-order valence-electron chi connectivity index (χ1n) is 7.31. The van der Waals surface area contributed by atoms with Crippen molar-refractivity contribution in [2.45, 2.75) is 12.5 Å². The highest BCUT2D eigenvalue weighted by Gasteiger charge is 2.24. The van der Waals surface area contributed by atoms with Gasteiger partial charge in [0.2, 0.25) is 0 Å². The molecule has 1 fully saturated rings. The van der Waals surface area contributed by atoms with Crippen LogP contribution in [-0.2, 0) is 0 Å². The second kappa shape index (κ2) is 6.15. The molecule has 1 aliphatic heterocycles. The van der Waals surface area contributed by atoms with Gasteiger partial charge in [-0.25, -0.2) is 0 Å². The molecule has 1 aliphatic rings. The van der Waals surface area contributed by atoms with Gasteiger partial charge in [-0.2, -0.15) is 0 Å². The largest absolute Gasteiger partial charge is 0.497 e. The molecule has 2 N–H and O–H groups in total. The van der Waals surface area contributed by atoms with Crippen molar-refractivity contribution in [2.24, 2.45) is 5.73 Å². The number of amides is 1. The fraction of sp³-hybridized carbons (Fsp3) is 0.294. The Balaban J connectivity index is 1.84. The number of benzene rings is 1. The van der Waals surface area contributed by atoms with Crippen LogP contribution < -0.4 is 10.5 Å². The normalized spacial score (nSPS) is 17.5. The van der Waals surface area contributed by atoms with Crippen molar-refractivity contribution < 1.29 is 9.53 Å². The van der Waals surface area contributed by atoms with E-state index in [4.69, 9.17) is 10.5 Å². The lowest BCUT2D eigenvalue weighted by Crippen LogP contribution is -2.31. The molecule has 1 saturated heterocycles. The van der Waals surface area contributed by atoms with Gasteiger partial charge in [-0.3, -0.25) is 9.78 Å². The Hall–Kier alpha value is -2.40. The van der Waals surface area contributed by atoms with Gasteiger partial charge in [0, 0.05) is 37.1 Å². The fourth-order valence-corrected chi connectivity index (χ4v) is 2.65. The summed E-state index contributed by atoms with van der Waals surface area (Å²) in [6, 6.07) is 9.65. The third-order valence-electron chi connectivity index (χ3n) is 3.92. The molecule has 5 heteroatoms. The summed E-state index contributed by atoms with van der Waals surface area (Å²) in [6.45, 7) is 1.33. The van der Waals surface area contributed by atoms with Gasteiger partial charge >= 0.3 is 0 Å². The quantitative estimate of drug-likeness (QED) is 0.940. The van der Waals surface area contributed by atoms with E-state index in [0.717, 1.165) is 23.3 Å². The molecular weight excluding hydrogens is 278 g/mol. The number of carbonyl (C=O) groups is 1. The van der Waals surface area contributed by atoms with E-state index in [1.165, 1.54) is 0 Å². The van der Waals surface area contributed by atoms with E-state index in [0.29, 0.717) is 18.7 Å². The van der Waals surface area contributed by atoms with Crippen LogP contribution in [0.2, 0.25) is 0 Å². The minimum Gasteiger partial charge on any atom is -0.497 e. The first kappa shape index (κ1) is 14.5. The highest BCUT2D eigenvalue weighted by atomic mass is 16.5. The number of hydrogen-bond donors (Lipinski definition) is 1. The van der Waals surface area contributed by atoms with Gasteiger partial charge in [0.25, 0.3) is 5.91 Å². The van der Waals surface area contributed by atoms with Crippen LogP contribution in [0, 0.1) is 0 Å². The number of ether oxygens (including phenoxy) is 1. The number of likely N-dealkylation sites (tertiary alicyclic amines) is 1. The summed E-state index contributed by atoms with van der Waals surface area (Å²) in [5, 5.41) is 0. The Morgan fingerprint density at radius 2 is 2.05 bits per heavy atom. The zero-order valence-electron chi connectivity index (χ0n) is 12.5. The van der Waals surface area contributed by atoms with Crippen LogP contribution in [0.1, 0.15) is 16.8 Å². The first-order valence-corrected chi connectivity index (χ1v) is 7.31. The molecule has 0 aliphatic carbocycles. The molecule has 1 atom stereocenters. The summed E-state index contributed by atoms with van der Waals surface area (Å²) < 4.78 is 5.16. The number of carbonyl (C=O) groups excluding carboxylic acids is 1. The molecular formula is C17H19N3O2. The lowest BCUT2D eigenvalue weighted by molar-refractivity contribution is 0.0790. The second-order valence-corrected chi connectivity index (χ2v) is 5.49. The van der Waals surface area contributed by atoms with Crippen molar-refractivity contribution in [3.05, 3.63) is 48.3 Å². The van der Waals surface area contributed by atoms with E-state index in [-0.39, 0.29) is 11.9 Å². The highest BCUT2D eigenvalue weighted by Crippen LogP contribution is 2.23. The standard InChI is InChI=1S/C17H19N3O2/c1-22-16-4-2-12(3-5-16)13-8-14(10-19-9-13)17(21)20-7-6-15(18)11-20/h2-5,8-10,15H,6-7,11,18H2,1H3/t15-/m1/s1. The number of hydrogen-bond acceptors (Lipinski definition) is 4. The van der Waals surface area contributed by atoms with E-state index in [1.807, 2.05) is 30.3 Å². The van der Waals surface area contributed by atoms with Gasteiger partial charge in [-0.15, -0.1) is 0 Å². The average molecular weight is 297 g/mol. The Bertz CT molecular complexity index is 670. The lowest BCUT2D eigenvalue weighted by Gasteiger charge is -2.16. The maximum absolute atomic E-state index is 12.5. The SMILES string of the molecule is COc1ccc(-c2cncc(C(=O)N3CC[C@@H](N)C3)c2)cc1. The summed E-state index contributed by atoms with van der Waals surface area (Å²) in [4.78, 5) is 18.5. The zero-order chi connectivity index (χ0) is 15.5. The second-order valence-electron chi connectivity index (χ2n) is 5.49. The number of aromatic nitrogens is 1. The molecule has 0 unspecified atom stereocenters. The number of nitrogens with zero attached hydrogens (tertiary/aromatic N) is 2. The molecule has 5 nitrogen and oxygen atoms in total. The Kier molecular flexibility index (Phi) is 4.06. The summed E-state index contributed by atoms with van der Waals surface area (Å²) in [5.74, 6) is 0.797. The molecule has 3 rings (SSSR count). The topological polar surface area (TPSA) is 68.5 Å². The Labute approximate surface area is 129 Å². The van der Waals surface area contributed by atoms with E-state index >= 15 is 0 Å². The molecule has 114 valence electrons. The lowest BCUT2D eigenvalue weighted by atomic mass is 10.1. The molecule has 2 aromatic rings. The smallest absolute Gasteiger partial charge is 0.255 e. The zero-order valence-corrected chi connectivity index (χ0v) is 12.5. The molecule has 2 heterocycles. The van der Waals surface area contributed by atoms with Crippen LogP contribution >= 0.6 is 0 Å². The van der Waals surface area contributed by atoms with Gasteiger partial charge in [0.1, 0.15) is 5.75 Å². The highest BCUT2D eigenvalue weighted by molar-refractivity contribution is 5.95. The first-order chi connectivity index (χ1) is 10.7. The van der Waals surface area contributed by atoms with Gasteiger partial charge < -0.3 is 15.4 Å². The third-order valence-corrected chi connectivity index (χ3v) is 3.92. The van der Waals surface area contributed by atoms with E-state index in [9.17, 15) is 4.79 Å². The average Bonchev–Trinajstić information content (AvgIpc) is 3.01. The summed E-state index contributed by atoms with van der Waals surface area (Å²) in [7, 11) is 1.64. The Morgan fingerprint density at radius 3 is 2.68 bits per heavy atom.